The number of carbonyl (C=O) groups excluding carboxylic acids is 2. The fraction of sp³-hybridized carbons (Fsp3) is 0.625. The molecule has 1 saturated heterocycles. The highest BCUT2D eigenvalue weighted by atomic mass is 16.2. The first-order valence-corrected chi connectivity index (χ1v) is 8.38. The zero-order valence-corrected chi connectivity index (χ0v) is 13.7. The van der Waals surface area contributed by atoms with Crippen molar-refractivity contribution in [2.45, 2.75) is 51.6 Å². The maximum absolute atomic E-state index is 12.5. The Labute approximate surface area is 137 Å². The van der Waals surface area contributed by atoms with Crippen molar-refractivity contribution in [3.05, 3.63) is 18.0 Å². The number of rotatable bonds is 7. The number of primary amides is 1. The molecule has 2 heterocycles. The molecule has 1 aliphatic heterocycles. The number of hydrogen-bond acceptors (Lipinski definition) is 3. The van der Waals surface area contributed by atoms with Crippen molar-refractivity contribution in [2.75, 3.05) is 18.4 Å². The lowest BCUT2D eigenvalue weighted by atomic mass is 10.1. The third-order valence-corrected chi connectivity index (χ3v) is 4.03. The molecule has 7 nitrogen and oxygen atoms in total. The molecule has 0 aliphatic carbocycles. The average Bonchev–Trinajstić information content (AvgIpc) is 2.91. The number of piperidine rings is 1. The number of hydrogen-bond donors (Lipinski definition) is 4. The van der Waals surface area contributed by atoms with Gasteiger partial charge in [0.05, 0.1) is 11.3 Å². The van der Waals surface area contributed by atoms with E-state index < -0.39 is 6.03 Å². The fourth-order valence-corrected chi connectivity index (χ4v) is 2.83. The van der Waals surface area contributed by atoms with Crippen molar-refractivity contribution in [3.63, 3.8) is 0 Å². The average molecular weight is 321 g/mol. The van der Waals surface area contributed by atoms with Crippen LogP contribution in [0, 0.1) is 0 Å². The summed E-state index contributed by atoms with van der Waals surface area (Å²) in [5.74, 6) is -0.170. The number of nitrogens with two attached hydrogens (primary N) is 1. The summed E-state index contributed by atoms with van der Waals surface area (Å²) >= 11 is 0. The fourth-order valence-electron chi connectivity index (χ4n) is 2.83. The van der Waals surface area contributed by atoms with E-state index in [1.54, 1.807) is 12.4 Å². The van der Waals surface area contributed by atoms with Crippen LogP contribution in [0.15, 0.2) is 12.4 Å². The van der Waals surface area contributed by atoms with Gasteiger partial charge in [0, 0.05) is 31.5 Å². The van der Waals surface area contributed by atoms with Crippen molar-refractivity contribution in [2.24, 2.45) is 5.73 Å². The van der Waals surface area contributed by atoms with E-state index in [-0.39, 0.29) is 11.9 Å². The second kappa shape index (κ2) is 8.57. The zero-order chi connectivity index (χ0) is 16.7. The Morgan fingerprint density at radius 1 is 1.39 bits per heavy atom. The Bertz CT molecular complexity index is 535. The van der Waals surface area contributed by atoms with Crippen LogP contribution in [0.4, 0.5) is 10.5 Å². The molecule has 1 fully saturated rings. The molecule has 0 spiro atoms. The number of carbonyl (C=O) groups is 2. The lowest BCUT2D eigenvalue weighted by Crippen LogP contribution is -2.45. The molecule has 0 radical (unpaired) electrons. The molecule has 0 unspecified atom stereocenters. The maximum atomic E-state index is 12.5. The molecular weight excluding hydrogens is 294 g/mol. The highest BCUT2D eigenvalue weighted by Gasteiger charge is 2.20. The summed E-state index contributed by atoms with van der Waals surface area (Å²) in [5, 5.41) is 8.83. The summed E-state index contributed by atoms with van der Waals surface area (Å²) in [6.45, 7) is 4.74. The quantitative estimate of drug-likeness (QED) is 0.574. The van der Waals surface area contributed by atoms with Crippen molar-refractivity contribution >= 4 is 17.6 Å². The van der Waals surface area contributed by atoms with E-state index in [0.717, 1.165) is 51.7 Å². The minimum Gasteiger partial charge on any atom is -0.351 e. The summed E-state index contributed by atoms with van der Waals surface area (Å²) in [6, 6.07) is -0.536. The highest BCUT2D eigenvalue weighted by molar-refractivity contribution is 6.03. The minimum atomic E-state index is -0.662. The van der Waals surface area contributed by atoms with Crippen molar-refractivity contribution in [3.8, 4) is 0 Å². The van der Waals surface area contributed by atoms with Gasteiger partial charge in [0.1, 0.15) is 0 Å². The van der Waals surface area contributed by atoms with Gasteiger partial charge in [-0.15, -0.1) is 0 Å². The van der Waals surface area contributed by atoms with Gasteiger partial charge in [-0.25, -0.2) is 4.79 Å². The van der Waals surface area contributed by atoms with E-state index in [0.29, 0.717) is 11.3 Å². The second-order valence-electron chi connectivity index (χ2n) is 6.04. The van der Waals surface area contributed by atoms with Crippen LogP contribution in [0.5, 0.6) is 0 Å². The molecule has 7 heteroatoms. The Morgan fingerprint density at radius 2 is 2.22 bits per heavy atom. The molecule has 1 aromatic rings. The summed E-state index contributed by atoms with van der Waals surface area (Å²) in [6.07, 6.45) is 8.88. The van der Waals surface area contributed by atoms with Gasteiger partial charge in [0.15, 0.2) is 0 Å². The molecular formula is C16H27N5O2. The second-order valence-corrected chi connectivity index (χ2v) is 6.04. The monoisotopic (exact) mass is 321 g/mol. The van der Waals surface area contributed by atoms with Gasteiger partial charge < -0.3 is 26.3 Å². The smallest absolute Gasteiger partial charge is 0.316 e. The van der Waals surface area contributed by atoms with Gasteiger partial charge in [-0.3, -0.25) is 4.79 Å². The number of unbranched alkanes of at least 4 members (excludes halogenated alkanes) is 2. The van der Waals surface area contributed by atoms with Gasteiger partial charge in [-0.05, 0) is 25.8 Å². The normalized spacial score (nSPS) is 17.7. The third kappa shape index (κ3) is 5.28. The van der Waals surface area contributed by atoms with Crippen LogP contribution in [0.1, 0.15) is 49.4 Å². The maximum Gasteiger partial charge on any atom is 0.316 e. The van der Waals surface area contributed by atoms with Crippen LogP contribution in [-0.2, 0) is 6.54 Å². The first-order valence-electron chi connectivity index (χ1n) is 8.38. The number of aryl methyl sites for hydroxylation is 1. The van der Waals surface area contributed by atoms with Gasteiger partial charge >= 0.3 is 6.03 Å². The number of amides is 3. The summed E-state index contributed by atoms with van der Waals surface area (Å²) in [4.78, 5) is 23.7. The van der Waals surface area contributed by atoms with Gasteiger partial charge in [-0.1, -0.05) is 19.8 Å². The summed E-state index contributed by atoms with van der Waals surface area (Å²) in [5.41, 5.74) is 6.14. The van der Waals surface area contributed by atoms with E-state index in [2.05, 4.69) is 22.9 Å². The zero-order valence-electron chi connectivity index (χ0n) is 13.7. The Balaban J connectivity index is 2.06. The molecule has 5 N–H and O–H groups in total. The Hall–Kier alpha value is -2.02. The number of urea groups is 1. The highest BCUT2D eigenvalue weighted by Crippen LogP contribution is 2.18. The molecule has 1 aliphatic rings. The van der Waals surface area contributed by atoms with E-state index in [1.807, 2.05) is 4.57 Å². The largest absolute Gasteiger partial charge is 0.351 e. The van der Waals surface area contributed by atoms with E-state index in [1.165, 1.54) is 0 Å². The number of anilines is 1. The standard InChI is InChI=1S/C16H27N5O2/c1-2-3-4-8-21-10-13(14(11-21)20-16(17)23)15(22)19-12-6-5-7-18-9-12/h10-12,18H,2-9H2,1H3,(H,19,22)(H3,17,20,23)/t12-/m0/s1. The predicted octanol–water partition coefficient (Wildman–Crippen LogP) is 1.65. The Morgan fingerprint density at radius 3 is 2.87 bits per heavy atom. The molecule has 2 rings (SSSR count). The number of nitrogens with zero attached hydrogens (tertiary/aromatic N) is 1. The minimum absolute atomic E-state index is 0.126. The SMILES string of the molecule is CCCCCn1cc(NC(N)=O)c(C(=O)N[C@H]2CCCNC2)c1. The predicted molar refractivity (Wildman–Crippen MR) is 90.5 cm³/mol. The van der Waals surface area contributed by atoms with E-state index >= 15 is 0 Å². The molecule has 0 saturated carbocycles. The van der Waals surface area contributed by atoms with E-state index in [9.17, 15) is 9.59 Å². The van der Waals surface area contributed by atoms with E-state index in [4.69, 9.17) is 5.73 Å². The third-order valence-electron chi connectivity index (χ3n) is 4.03. The first-order chi connectivity index (χ1) is 11.1. The van der Waals surface area contributed by atoms with Crippen LogP contribution in [0.2, 0.25) is 0 Å². The van der Waals surface area contributed by atoms with Crippen LogP contribution < -0.4 is 21.7 Å². The summed E-state index contributed by atoms with van der Waals surface area (Å²) < 4.78 is 1.94. The van der Waals surface area contributed by atoms with Gasteiger partial charge in [0.25, 0.3) is 5.91 Å². The number of aromatic nitrogens is 1. The summed E-state index contributed by atoms with van der Waals surface area (Å²) in [7, 11) is 0. The van der Waals surface area contributed by atoms with Crippen LogP contribution in [0.3, 0.4) is 0 Å². The molecule has 1 atom stereocenters. The van der Waals surface area contributed by atoms with Crippen molar-refractivity contribution < 1.29 is 9.59 Å². The van der Waals surface area contributed by atoms with Gasteiger partial charge in [0.2, 0.25) is 0 Å². The Kier molecular flexibility index (Phi) is 6.46. The molecule has 0 bridgehead atoms. The molecule has 0 aromatic carbocycles. The first kappa shape index (κ1) is 17.3. The van der Waals surface area contributed by atoms with Crippen LogP contribution in [-0.4, -0.2) is 35.6 Å². The number of nitrogens with one attached hydrogen (secondary N) is 3. The van der Waals surface area contributed by atoms with Gasteiger partial charge in [-0.2, -0.15) is 0 Å². The lowest BCUT2D eigenvalue weighted by molar-refractivity contribution is 0.0931. The van der Waals surface area contributed by atoms with Crippen LogP contribution >= 0.6 is 0 Å². The van der Waals surface area contributed by atoms with Crippen molar-refractivity contribution in [1.29, 1.82) is 0 Å². The molecule has 1 aromatic heterocycles. The van der Waals surface area contributed by atoms with Crippen molar-refractivity contribution in [1.82, 2.24) is 15.2 Å². The molecule has 23 heavy (non-hydrogen) atoms. The molecule has 128 valence electrons. The molecule has 3 amide bonds. The topological polar surface area (TPSA) is 101 Å². The lowest BCUT2D eigenvalue weighted by Gasteiger charge is -2.23. The van der Waals surface area contributed by atoms with Crippen LogP contribution in [0.25, 0.3) is 0 Å².